The molecule has 3 nitrogen and oxygen atoms in total. The maximum atomic E-state index is 10.8. The number of phenolic OH excluding ortho intramolecular Hbond substituents is 1. The van der Waals surface area contributed by atoms with Gasteiger partial charge >= 0.3 is 0 Å². The minimum Gasteiger partial charge on any atom is -0.508 e. The molecule has 0 saturated heterocycles. The predicted octanol–water partition coefficient (Wildman–Crippen LogP) is 2.65. The van der Waals surface area contributed by atoms with Gasteiger partial charge in [0.15, 0.2) is 0 Å². The Bertz CT molecular complexity index is 484. The quantitative estimate of drug-likeness (QED) is 0.781. The third-order valence-electron chi connectivity index (χ3n) is 2.40. The molecule has 0 atom stereocenters. The van der Waals surface area contributed by atoms with Gasteiger partial charge in [0.2, 0.25) is 5.91 Å². The third-order valence-corrected chi connectivity index (χ3v) is 2.40. The van der Waals surface area contributed by atoms with Gasteiger partial charge < -0.3 is 10.4 Å². The monoisotopic (exact) mass is 243 g/mol. The maximum absolute atomic E-state index is 10.8. The van der Waals surface area contributed by atoms with Crippen molar-refractivity contribution in [2.45, 2.75) is 6.92 Å². The maximum Gasteiger partial charge on any atom is 0.217 e. The van der Waals surface area contributed by atoms with Crippen LogP contribution in [0.1, 0.15) is 12.5 Å². The molecule has 94 valence electrons. The first-order valence-electron chi connectivity index (χ1n) is 5.58. The number of rotatable bonds is 5. The zero-order chi connectivity index (χ0) is 13.5. The van der Waals surface area contributed by atoms with E-state index in [-0.39, 0.29) is 11.7 Å². The predicted molar refractivity (Wildman–Crippen MR) is 74.1 cm³/mol. The van der Waals surface area contributed by atoms with E-state index in [0.717, 1.165) is 16.7 Å². The van der Waals surface area contributed by atoms with Gasteiger partial charge in [-0.25, -0.2) is 0 Å². The lowest BCUT2D eigenvalue weighted by atomic mass is 10.0. The number of carbonyl (C=O) groups excluding carboxylic acids is 1. The Balaban J connectivity index is 2.79. The number of nitrogens with one attached hydrogen (secondary N) is 1. The molecule has 1 aromatic carbocycles. The smallest absolute Gasteiger partial charge is 0.217 e. The van der Waals surface area contributed by atoms with E-state index < -0.39 is 0 Å². The fourth-order valence-corrected chi connectivity index (χ4v) is 1.39. The second-order valence-corrected chi connectivity index (χ2v) is 3.91. The van der Waals surface area contributed by atoms with Gasteiger partial charge in [-0.3, -0.25) is 4.79 Å². The van der Waals surface area contributed by atoms with Crippen LogP contribution >= 0.6 is 0 Å². The van der Waals surface area contributed by atoms with Gasteiger partial charge in [0.25, 0.3) is 0 Å². The molecule has 2 N–H and O–H groups in total. The van der Waals surface area contributed by atoms with Gasteiger partial charge in [0.1, 0.15) is 5.75 Å². The van der Waals surface area contributed by atoms with Crippen molar-refractivity contribution in [1.29, 1.82) is 0 Å². The minimum atomic E-state index is -0.0852. The summed E-state index contributed by atoms with van der Waals surface area (Å²) in [6.07, 6.45) is 3.54. The third kappa shape index (κ3) is 4.29. The van der Waals surface area contributed by atoms with Crippen LogP contribution in [0, 0.1) is 0 Å². The van der Waals surface area contributed by atoms with Crippen molar-refractivity contribution in [3.8, 4) is 5.75 Å². The molecule has 0 spiro atoms. The van der Waals surface area contributed by atoms with Crippen LogP contribution in [0.5, 0.6) is 5.75 Å². The summed E-state index contributed by atoms with van der Waals surface area (Å²) in [6, 6.07) is 6.78. The first-order chi connectivity index (χ1) is 8.52. The molecule has 3 heteroatoms. The number of aromatic hydroxyl groups is 1. The Hall–Kier alpha value is -2.29. The van der Waals surface area contributed by atoms with E-state index in [2.05, 4.69) is 18.5 Å². The lowest BCUT2D eigenvalue weighted by Gasteiger charge is -2.06. The fourth-order valence-electron chi connectivity index (χ4n) is 1.39. The molecule has 1 rings (SSSR count). The summed E-state index contributed by atoms with van der Waals surface area (Å²) in [5.74, 6) is 0.135. The molecule has 0 heterocycles. The fraction of sp³-hybridized carbons (Fsp3) is 0.133. The highest BCUT2D eigenvalue weighted by Gasteiger charge is 1.99. The first kappa shape index (κ1) is 13.8. The van der Waals surface area contributed by atoms with E-state index in [4.69, 9.17) is 0 Å². The number of hydrogen-bond donors (Lipinski definition) is 2. The van der Waals surface area contributed by atoms with Gasteiger partial charge in [-0.05, 0) is 34.9 Å². The van der Waals surface area contributed by atoms with E-state index in [1.807, 2.05) is 6.08 Å². The highest BCUT2D eigenvalue weighted by molar-refractivity contribution is 5.75. The highest BCUT2D eigenvalue weighted by atomic mass is 16.3. The molecule has 0 aliphatic carbocycles. The molecule has 0 aliphatic rings. The van der Waals surface area contributed by atoms with Gasteiger partial charge in [0.05, 0.1) is 0 Å². The van der Waals surface area contributed by atoms with Gasteiger partial charge in [-0.15, -0.1) is 0 Å². The summed E-state index contributed by atoms with van der Waals surface area (Å²) in [6.45, 7) is 9.54. The van der Waals surface area contributed by atoms with Crippen LogP contribution in [0.2, 0.25) is 0 Å². The van der Waals surface area contributed by atoms with Crippen molar-refractivity contribution in [2.24, 2.45) is 0 Å². The Morgan fingerprint density at radius 3 is 2.50 bits per heavy atom. The van der Waals surface area contributed by atoms with Gasteiger partial charge in [-0.1, -0.05) is 31.4 Å². The number of hydrogen-bond acceptors (Lipinski definition) is 2. The number of carbonyl (C=O) groups is 1. The lowest BCUT2D eigenvalue weighted by Crippen LogP contribution is -2.21. The topological polar surface area (TPSA) is 49.3 Å². The molecular formula is C15H17NO2. The van der Waals surface area contributed by atoms with E-state index in [9.17, 15) is 9.90 Å². The van der Waals surface area contributed by atoms with Gasteiger partial charge in [-0.2, -0.15) is 0 Å². The van der Waals surface area contributed by atoms with Crippen molar-refractivity contribution < 1.29 is 9.90 Å². The van der Waals surface area contributed by atoms with Gasteiger partial charge in [0, 0.05) is 13.5 Å². The molecule has 0 aliphatic heterocycles. The van der Waals surface area contributed by atoms with Crippen LogP contribution in [-0.4, -0.2) is 17.6 Å². The normalized spacial score (nSPS) is 10.8. The SMILES string of the molecule is C=CC(=CC(=C)c1ccc(O)cc1)CNC(C)=O. The second kappa shape index (κ2) is 6.45. The number of phenols is 1. The molecule has 0 unspecified atom stereocenters. The van der Waals surface area contributed by atoms with E-state index in [1.54, 1.807) is 30.3 Å². The average molecular weight is 243 g/mol. The largest absolute Gasteiger partial charge is 0.508 e. The zero-order valence-corrected chi connectivity index (χ0v) is 10.4. The summed E-state index contributed by atoms with van der Waals surface area (Å²) in [5, 5.41) is 11.9. The van der Waals surface area contributed by atoms with Crippen molar-refractivity contribution in [3.63, 3.8) is 0 Å². The average Bonchev–Trinajstić information content (AvgIpc) is 2.34. The number of allylic oxidation sites excluding steroid dienone is 2. The summed E-state index contributed by atoms with van der Waals surface area (Å²) in [4.78, 5) is 10.8. The molecular weight excluding hydrogens is 226 g/mol. The summed E-state index contributed by atoms with van der Waals surface area (Å²) >= 11 is 0. The molecule has 0 fully saturated rings. The molecule has 1 aromatic rings. The molecule has 1 amide bonds. The Labute approximate surface area is 107 Å². The van der Waals surface area contributed by atoms with Crippen molar-refractivity contribution in [3.05, 3.63) is 60.7 Å². The molecule has 0 bridgehead atoms. The minimum absolute atomic E-state index is 0.0852. The Morgan fingerprint density at radius 1 is 1.39 bits per heavy atom. The van der Waals surface area contributed by atoms with Crippen LogP contribution < -0.4 is 5.32 Å². The summed E-state index contributed by atoms with van der Waals surface area (Å²) in [5.41, 5.74) is 2.59. The lowest BCUT2D eigenvalue weighted by molar-refractivity contribution is -0.118. The first-order valence-corrected chi connectivity index (χ1v) is 5.58. The van der Waals surface area contributed by atoms with Crippen molar-refractivity contribution in [1.82, 2.24) is 5.32 Å². The number of amides is 1. The zero-order valence-electron chi connectivity index (χ0n) is 10.4. The van der Waals surface area contributed by atoms with E-state index in [0.29, 0.717) is 6.54 Å². The standard InChI is InChI=1S/C15H17NO2/c1-4-13(10-16-12(3)17)9-11(2)14-5-7-15(18)8-6-14/h4-9,18H,1-2,10H2,3H3,(H,16,17). The van der Waals surface area contributed by atoms with E-state index in [1.165, 1.54) is 6.92 Å². The number of benzene rings is 1. The second-order valence-electron chi connectivity index (χ2n) is 3.91. The van der Waals surface area contributed by atoms with Crippen molar-refractivity contribution in [2.75, 3.05) is 6.54 Å². The van der Waals surface area contributed by atoms with Crippen LogP contribution in [0.25, 0.3) is 5.57 Å². The highest BCUT2D eigenvalue weighted by Crippen LogP contribution is 2.18. The van der Waals surface area contributed by atoms with Crippen molar-refractivity contribution >= 4 is 11.5 Å². The molecule has 0 saturated carbocycles. The Kier molecular flexibility index (Phi) is 4.93. The van der Waals surface area contributed by atoms with Crippen LogP contribution in [0.15, 0.2) is 55.1 Å². The Morgan fingerprint density at radius 2 is 2.00 bits per heavy atom. The van der Waals surface area contributed by atoms with Crippen LogP contribution in [-0.2, 0) is 4.79 Å². The molecule has 0 aromatic heterocycles. The van der Waals surface area contributed by atoms with Crippen LogP contribution in [0.3, 0.4) is 0 Å². The van der Waals surface area contributed by atoms with E-state index >= 15 is 0 Å². The molecule has 0 radical (unpaired) electrons. The summed E-state index contributed by atoms with van der Waals surface area (Å²) in [7, 11) is 0. The molecule has 18 heavy (non-hydrogen) atoms. The van der Waals surface area contributed by atoms with Crippen LogP contribution in [0.4, 0.5) is 0 Å². The summed E-state index contributed by atoms with van der Waals surface area (Å²) < 4.78 is 0.